The highest BCUT2D eigenvalue weighted by Crippen LogP contribution is 2.24. The maximum absolute atomic E-state index is 12.7. The van der Waals surface area contributed by atoms with E-state index in [1.807, 2.05) is 48.5 Å². The van der Waals surface area contributed by atoms with Crippen molar-refractivity contribution in [2.75, 3.05) is 0 Å². The summed E-state index contributed by atoms with van der Waals surface area (Å²) in [7, 11) is 0. The summed E-state index contributed by atoms with van der Waals surface area (Å²) in [6.45, 7) is -0.114. The van der Waals surface area contributed by atoms with Crippen LogP contribution in [0.2, 0.25) is 0 Å². The molecule has 0 spiro atoms. The minimum Gasteiger partial charge on any atom is -0.450 e. The lowest BCUT2D eigenvalue weighted by molar-refractivity contribution is -0.148. The number of para-hydroxylation sites is 1. The predicted octanol–water partition coefficient (Wildman–Crippen LogP) is 3.12. The Morgan fingerprint density at radius 3 is 2.50 bits per heavy atom. The maximum atomic E-state index is 12.7. The second-order valence-corrected chi connectivity index (χ2v) is 6.22. The van der Waals surface area contributed by atoms with E-state index in [1.54, 1.807) is 30.5 Å². The van der Waals surface area contributed by atoms with E-state index in [1.165, 1.54) is 10.9 Å². The van der Waals surface area contributed by atoms with Gasteiger partial charge >= 0.3 is 5.97 Å². The van der Waals surface area contributed by atoms with Gasteiger partial charge in [0.15, 0.2) is 6.10 Å². The monoisotopic (exact) mass is 371 g/mol. The van der Waals surface area contributed by atoms with E-state index in [4.69, 9.17) is 4.74 Å². The number of esters is 1. The van der Waals surface area contributed by atoms with Crippen LogP contribution in [0.5, 0.6) is 0 Å². The van der Waals surface area contributed by atoms with Crippen LogP contribution in [0.25, 0.3) is 10.9 Å². The Balaban J connectivity index is 1.63. The minimum atomic E-state index is -0.624. The Morgan fingerprint density at radius 2 is 1.71 bits per heavy atom. The van der Waals surface area contributed by atoms with Gasteiger partial charge in [0.1, 0.15) is 6.54 Å². The quantitative estimate of drug-likeness (QED) is 0.504. The lowest BCUT2D eigenvalue weighted by atomic mass is 10.1. The molecule has 6 nitrogen and oxygen atoms in total. The molecule has 1 unspecified atom stereocenters. The Kier molecular flexibility index (Phi) is 4.93. The number of pyridine rings is 1. The van der Waals surface area contributed by atoms with Crippen molar-refractivity contribution in [1.29, 1.82) is 0 Å². The number of carbonyl (C=O) groups is 1. The molecule has 2 aromatic carbocycles. The number of rotatable bonds is 5. The molecule has 2 heterocycles. The van der Waals surface area contributed by atoms with Crippen LogP contribution in [0, 0.1) is 0 Å². The molecule has 0 saturated carbocycles. The normalized spacial score (nSPS) is 11.9. The molecular weight excluding hydrogens is 354 g/mol. The summed E-state index contributed by atoms with van der Waals surface area (Å²) in [5.74, 6) is -0.471. The zero-order valence-corrected chi connectivity index (χ0v) is 14.9. The molecule has 138 valence electrons. The number of benzene rings is 2. The highest BCUT2D eigenvalue weighted by Gasteiger charge is 2.21. The number of ether oxygens (including phenoxy) is 1. The molecule has 0 saturated heterocycles. The number of aromatic nitrogens is 3. The number of carbonyl (C=O) groups excluding carboxylic acids is 1. The van der Waals surface area contributed by atoms with Crippen molar-refractivity contribution in [2.45, 2.75) is 12.6 Å². The summed E-state index contributed by atoms with van der Waals surface area (Å²) in [5, 5.41) is 4.60. The highest BCUT2D eigenvalue weighted by molar-refractivity contribution is 5.80. The topological polar surface area (TPSA) is 74.1 Å². The summed E-state index contributed by atoms with van der Waals surface area (Å²) in [4.78, 5) is 29.0. The molecular formula is C22H17N3O3. The fourth-order valence-electron chi connectivity index (χ4n) is 3.04. The second-order valence-electron chi connectivity index (χ2n) is 6.22. The molecule has 28 heavy (non-hydrogen) atoms. The molecule has 0 bridgehead atoms. The van der Waals surface area contributed by atoms with Gasteiger partial charge in [0, 0.05) is 11.6 Å². The number of nitrogens with zero attached hydrogens (tertiary/aromatic N) is 3. The van der Waals surface area contributed by atoms with E-state index >= 15 is 0 Å². The largest absolute Gasteiger partial charge is 0.450 e. The van der Waals surface area contributed by atoms with Crippen LogP contribution in [0.3, 0.4) is 0 Å². The van der Waals surface area contributed by atoms with Crippen molar-refractivity contribution in [2.24, 2.45) is 0 Å². The Bertz CT molecular complexity index is 1120. The van der Waals surface area contributed by atoms with Crippen molar-refractivity contribution in [3.63, 3.8) is 0 Å². The zero-order chi connectivity index (χ0) is 19.3. The molecule has 0 aliphatic carbocycles. The van der Waals surface area contributed by atoms with E-state index < -0.39 is 12.1 Å². The van der Waals surface area contributed by atoms with Crippen LogP contribution < -0.4 is 5.43 Å². The zero-order valence-electron chi connectivity index (χ0n) is 14.9. The molecule has 6 heteroatoms. The number of hydrogen-bond acceptors (Lipinski definition) is 5. The van der Waals surface area contributed by atoms with Crippen LogP contribution in [0.1, 0.15) is 17.4 Å². The summed E-state index contributed by atoms with van der Waals surface area (Å²) < 4.78 is 7.24. The lowest BCUT2D eigenvalue weighted by Crippen LogP contribution is -2.21. The van der Waals surface area contributed by atoms with Crippen LogP contribution in [-0.4, -0.2) is 20.7 Å². The Morgan fingerprint density at radius 1 is 0.964 bits per heavy atom. The third-order valence-corrected chi connectivity index (χ3v) is 4.35. The SMILES string of the molecule is O=C(Cn1ncc(=O)c2ccccc21)OC(c1ccccc1)c1ccccn1. The average Bonchev–Trinajstić information content (AvgIpc) is 2.75. The molecule has 0 amide bonds. The molecule has 4 aromatic rings. The van der Waals surface area contributed by atoms with Gasteiger partial charge in [-0.05, 0) is 29.8 Å². The van der Waals surface area contributed by atoms with E-state index in [0.29, 0.717) is 16.6 Å². The van der Waals surface area contributed by atoms with E-state index in [2.05, 4.69) is 10.1 Å². The van der Waals surface area contributed by atoms with Gasteiger partial charge in [-0.15, -0.1) is 0 Å². The van der Waals surface area contributed by atoms with Gasteiger partial charge in [0.25, 0.3) is 0 Å². The molecule has 0 radical (unpaired) electrons. The predicted molar refractivity (Wildman–Crippen MR) is 105 cm³/mol. The van der Waals surface area contributed by atoms with Crippen LogP contribution in [0.15, 0.2) is 90.0 Å². The van der Waals surface area contributed by atoms with E-state index in [0.717, 1.165) is 5.56 Å². The summed E-state index contributed by atoms with van der Waals surface area (Å²) in [6.07, 6.45) is 2.25. The Labute approximate surface area is 161 Å². The summed E-state index contributed by atoms with van der Waals surface area (Å²) in [5.41, 5.74) is 1.86. The van der Waals surface area contributed by atoms with Gasteiger partial charge in [0.05, 0.1) is 17.4 Å². The van der Waals surface area contributed by atoms with Gasteiger partial charge in [-0.1, -0.05) is 48.5 Å². The van der Waals surface area contributed by atoms with Gasteiger partial charge in [0.2, 0.25) is 5.43 Å². The van der Waals surface area contributed by atoms with Gasteiger partial charge in [-0.3, -0.25) is 19.3 Å². The first-order valence-corrected chi connectivity index (χ1v) is 8.82. The third kappa shape index (κ3) is 3.66. The summed E-state index contributed by atoms with van der Waals surface area (Å²) in [6, 6.07) is 22.0. The van der Waals surface area contributed by atoms with Crippen molar-refractivity contribution >= 4 is 16.9 Å². The standard InChI is InChI=1S/C22H17N3O3/c26-20-14-24-25(19-12-5-4-10-17(19)20)15-21(27)28-22(16-8-2-1-3-9-16)18-11-6-7-13-23-18/h1-14,22H,15H2. The molecule has 2 aromatic heterocycles. The Hall–Kier alpha value is -3.80. The van der Waals surface area contributed by atoms with Crippen molar-refractivity contribution in [3.8, 4) is 0 Å². The first-order valence-electron chi connectivity index (χ1n) is 8.82. The number of hydrogen-bond donors (Lipinski definition) is 0. The van der Waals surface area contributed by atoms with E-state index in [9.17, 15) is 9.59 Å². The van der Waals surface area contributed by atoms with Crippen molar-refractivity contribution < 1.29 is 9.53 Å². The first-order chi connectivity index (χ1) is 13.7. The molecule has 4 rings (SSSR count). The lowest BCUT2D eigenvalue weighted by Gasteiger charge is -2.18. The molecule has 0 aliphatic heterocycles. The summed E-state index contributed by atoms with van der Waals surface area (Å²) >= 11 is 0. The minimum absolute atomic E-state index is 0.114. The average molecular weight is 371 g/mol. The fourth-order valence-corrected chi connectivity index (χ4v) is 3.04. The van der Waals surface area contributed by atoms with E-state index in [-0.39, 0.29) is 12.0 Å². The third-order valence-electron chi connectivity index (χ3n) is 4.35. The second kappa shape index (κ2) is 7.84. The van der Waals surface area contributed by atoms with Crippen molar-refractivity contribution in [3.05, 3.63) is 107 Å². The molecule has 0 aliphatic rings. The highest BCUT2D eigenvalue weighted by atomic mass is 16.5. The van der Waals surface area contributed by atoms with Crippen LogP contribution in [-0.2, 0) is 16.1 Å². The molecule has 1 atom stereocenters. The van der Waals surface area contributed by atoms with Crippen molar-refractivity contribution in [1.82, 2.24) is 14.8 Å². The van der Waals surface area contributed by atoms with Gasteiger partial charge in [-0.2, -0.15) is 5.10 Å². The fraction of sp³-hybridized carbons (Fsp3) is 0.0909. The van der Waals surface area contributed by atoms with Crippen LogP contribution in [0.4, 0.5) is 0 Å². The molecule has 0 fully saturated rings. The smallest absolute Gasteiger partial charge is 0.328 e. The molecule has 0 N–H and O–H groups in total. The first kappa shape index (κ1) is 17.6. The van der Waals surface area contributed by atoms with Gasteiger partial charge in [-0.25, -0.2) is 0 Å². The number of fused-ring (bicyclic) bond motifs is 1. The maximum Gasteiger partial charge on any atom is 0.328 e. The van der Waals surface area contributed by atoms with Gasteiger partial charge < -0.3 is 4.74 Å². The van der Waals surface area contributed by atoms with Crippen LogP contribution >= 0.6 is 0 Å².